The second-order valence-corrected chi connectivity index (χ2v) is 5.40. The van der Waals surface area contributed by atoms with Gasteiger partial charge in [-0.2, -0.15) is 0 Å². The number of rotatable bonds is 3. The van der Waals surface area contributed by atoms with Crippen molar-refractivity contribution < 1.29 is 9.90 Å². The van der Waals surface area contributed by atoms with E-state index in [1.54, 1.807) is 0 Å². The molecule has 3 nitrogen and oxygen atoms in total. The molecule has 98 valence electrons. The maximum atomic E-state index is 11.5. The van der Waals surface area contributed by atoms with Gasteiger partial charge in [0.1, 0.15) is 0 Å². The molecular weight excluding hydrogens is 238 g/mol. The molecule has 3 heteroatoms. The standard InChI is InChI=1S/C16H17NO2/c17-14(16(15(18)19)8-3-9-16)13-7-6-11-4-1-2-5-12(11)10-13/h1-2,4-7,10,14H,3,8-9,17H2,(H,18,19). The second-order valence-electron chi connectivity index (χ2n) is 5.40. The summed E-state index contributed by atoms with van der Waals surface area (Å²) in [5.74, 6) is -0.764. The summed E-state index contributed by atoms with van der Waals surface area (Å²) in [5, 5.41) is 11.7. The van der Waals surface area contributed by atoms with Crippen molar-refractivity contribution in [1.82, 2.24) is 0 Å². The zero-order valence-corrected chi connectivity index (χ0v) is 10.7. The van der Waals surface area contributed by atoms with E-state index in [4.69, 9.17) is 5.73 Å². The van der Waals surface area contributed by atoms with Crippen LogP contribution in [0, 0.1) is 5.41 Å². The van der Waals surface area contributed by atoms with Crippen LogP contribution >= 0.6 is 0 Å². The van der Waals surface area contributed by atoms with Gasteiger partial charge in [-0.3, -0.25) is 4.79 Å². The average Bonchev–Trinajstić information content (AvgIpc) is 2.36. The molecule has 1 saturated carbocycles. The lowest BCUT2D eigenvalue weighted by Gasteiger charge is -2.42. The fourth-order valence-corrected chi connectivity index (χ4v) is 2.94. The Morgan fingerprint density at radius 3 is 2.42 bits per heavy atom. The van der Waals surface area contributed by atoms with Crippen LogP contribution in [0.2, 0.25) is 0 Å². The van der Waals surface area contributed by atoms with Crippen LogP contribution < -0.4 is 5.73 Å². The minimum atomic E-state index is -0.764. The van der Waals surface area contributed by atoms with Crippen LogP contribution in [0.25, 0.3) is 10.8 Å². The summed E-state index contributed by atoms with van der Waals surface area (Å²) in [5.41, 5.74) is 6.40. The topological polar surface area (TPSA) is 63.3 Å². The number of carboxylic acids is 1. The van der Waals surface area contributed by atoms with E-state index in [0.717, 1.165) is 22.8 Å². The fourth-order valence-electron chi connectivity index (χ4n) is 2.94. The molecule has 0 heterocycles. The minimum absolute atomic E-state index is 0.427. The van der Waals surface area contributed by atoms with Gasteiger partial charge >= 0.3 is 5.97 Å². The van der Waals surface area contributed by atoms with E-state index >= 15 is 0 Å². The van der Waals surface area contributed by atoms with Crippen molar-refractivity contribution in [2.24, 2.45) is 11.1 Å². The quantitative estimate of drug-likeness (QED) is 0.885. The van der Waals surface area contributed by atoms with Crippen LogP contribution in [-0.4, -0.2) is 11.1 Å². The maximum Gasteiger partial charge on any atom is 0.311 e. The molecular formula is C16H17NO2. The number of hydrogen-bond donors (Lipinski definition) is 2. The Morgan fingerprint density at radius 1 is 1.16 bits per heavy atom. The summed E-state index contributed by atoms with van der Waals surface area (Å²) >= 11 is 0. The van der Waals surface area contributed by atoms with Gasteiger partial charge in [-0.05, 0) is 35.2 Å². The van der Waals surface area contributed by atoms with Gasteiger partial charge in [0.05, 0.1) is 5.41 Å². The van der Waals surface area contributed by atoms with Crippen molar-refractivity contribution in [3.05, 3.63) is 48.0 Å². The average molecular weight is 255 g/mol. The van der Waals surface area contributed by atoms with E-state index < -0.39 is 17.4 Å². The highest BCUT2D eigenvalue weighted by Crippen LogP contribution is 2.49. The molecule has 1 fully saturated rings. The molecule has 2 aromatic rings. The molecule has 0 bridgehead atoms. The highest BCUT2D eigenvalue weighted by molar-refractivity contribution is 5.84. The normalized spacial score (nSPS) is 18.8. The molecule has 1 unspecified atom stereocenters. The van der Waals surface area contributed by atoms with Gasteiger partial charge < -0.3 is 10.8 Å². The Morgan fingerprint density at radius 2 is 1.84 bits per heavy atom. The predicted molar refractivity (Wildman–Crippen MR) is 74.8 cm³/mol. The van der Waals surface area contributed by atoms with E-state index in [9.17, 15) is 9.90 Å². The summed E-state index contributed by atoms with van der Waals surface area (Å²) in [7, 11) is 0. The molecule has 0 aromatic heterocycles. The number of nitrogens with two attached hydrogens (primary N) is 1. The maximum absolute atomic E-state index is 11.5. The molecule has 0 spiro atoms. The molecule has 0 amide bonds. The molecule has 1 aliphatic rings. The van der Waals surface area contributed by atoms with Gasteiger partial charge in [-0.1, -0.05) is 42.8 Å². The van der Waals surface area contributed by atoms with Gasteiger partial charge in [-0.25, -0.2) is 0 Å². The van der Waals surface area contributed by atoms with E-state index in [-0.39, 0.29) is 0 Å². The van der Waals surface area contributed by atoms with E-state index in [0.29, 0.717) is 12.8 Å². The van der Waals surface area contributed by atoms with Crippen LogP contribution in [0.1, 0.15) is 30.9 Å². The Kier molecular flexibility index (Phi) is 2.79. The number of aliphatic carboxylic acids is 1. The largest absolute Gasteiger partial charge is 0.481 e. The monoisotopic (exact) mass is 255 g/mol. The lowest BCUT2D eigenvalue weighted by atomic mass is 9.62. The third kappa shape index (κ3) is 1.81. The molecule has 3 rings (SSSR count). The lowest BCUT2D eigenvalue weighted by molar-refractivity contribution is -0.156. The predicted octanol–water partition coefficient (Wildman–Crippen LogP) is 3.09. The summed E-state index contributed by atoms with van der Waals surface area (Å²) in [6.07, 6.45) is 2.31. The lowest BCUT2D eigenvalue weighted by Crippen LogP contribution is -2.46. The molecule has 0 aliphatic heterocycles. The Bertz CT molecular complexity index is 631. The molecule has 1 aliphatic carbocycles. The molecule has 0 radical (unpaired) electrons. The molecule has 19 heavy (non-hydrogen) atoms. The first kappa shape index (κ1) is 12.2. The fraction of sp³-hybridized carbons (Fsp3) is 0.312. The van der Waals surface area contributed by atoms with Crippen LogP contribution in [0.15, 0.2) is 42.5 Å². The van der Waals surface area contributed by atoms with E-state index in [2.05, 4.69) is 0 Å². The molecule has 2 aromatic carbocycles. The van der Waals surface area contributed by atoms with E-state index in [1.165, 1.54) is 0 Å². The van der Waals surface area contributed by atoms with Crippen molar-refractivity contribution in [2.75, 3.05) is 0 Å². The Labute approximate surface area is 112 Å². The van der Waals surface area contributed by atoms with Crippen molar-refractivity contribution in [3.8, 4) is 0 Å². The van der Waals surface area contributed by atoms with Crippen LogP contribution in [-0.2, 0) is 4.79 Å². The minimum Gasteiger partial charge on any atom is -0.481 e. The second kappa shape index (κ2) is 4.35. The Balaban J connectivity index is 2.01. The van der Waals surface area contributed by atoms with Gasteiger partial charge in [-0.15, -0.1) is 0 Å². The van der Waals surface area contributed by atoms with Crippen LogP contribution in [0.3, 0.4) is 0 Å². The number of carbonyl (C=O) groups is 1. The number of benzene rings is 2. The summed E-state index contributed by atoms with van der Waals surface area (Å²) in [6.45, 7) is 0. The molecule has 1 atom stereocenters. The van der Waals surface area contributed by atoms with Crippen molar-refractivity contribution in [2.45, 2.75) is 25.3 Å². The molecule has 0 saturated heterocycles. The van der Waals surface area contributed by atoms with Gasteiger partial charge in [0.25, 0.3) is 0 Å². The third-order valence-electron chi connectivity index (χ3n) is 4.40. The van der Waals surface area contributed by atoms with Gasteiger partial charge in [0.2, 0.25) is 0 Å². The zero-order chi connectivity index (χ0) is 13.5. The number of fused-ring (bicyclic) bond motifs is 1. The molecule has 3 N–H and O–H groups in total. The number of carboxylic acid groups (broad SMARTS) is 1. The van der Waals surface area contributed by atoms with Crippen molar-refractivity contribution in [3.63, 3.8) is 0 Å². The Hall–Kier alpha value is -1.87. The smallest absolute Gasteiger partial charge is 0.311 e. The first-order valence-corrected chi connectivity index (χ1v) is 6.61. The van der Waals surface area contributed by atoms with Crippen molar-refractivity contribution in [1.29, 1.82) is 0 Å². The third-order valence-corrected chi connectivity index (χ3v) is 4.40. The highest BCUT2D eigenvalue weighted by atomic mass is 16.4. The first-order valence-electron chi connectivity index (χ1n) is 6.61. The van der Waals surface area contributed by atoms with Gasteiger partial charge in [0.15, 0.2) is 0 Å². The summed E-state index contributed by atoms with van der Waals surface area (Å²) in [4.78, 5) is 11.5. The summed E-state index contributed by atoms with van der Waals surface area (Å²) < 4.78 is 0. The summed E-state index contributed by atoms with van der Waals surface area (Å²) in [6, 6.07) is 13.6. The highest BCUT2D eigenvalue weighted by Gasteiger charge is 2.49. The number of hydrogen-bond acceptors (Lipinski definition) is 2. The SMILES string of the molecule is NC(c1ccc2ccccc2c1)C1(C(=O)O)CCC1. The van der Waals surface area contributed by atoms with Gasteiger partial charge in [0, 0.05) is 6.04 Å². The zero-order valence-electron chi connectivity index (χ0n) is 10.7. The van der Waals surface area contributed by atoms with Crippen molar-refractivity contribution >= 4 is 16.7 Å². The van der Waals surface area contributed by atoms with Crippen LogP contribution in [0.5, 0.6) is 0 Å². The first-order chi connectivity index (χ1) is 9.13. The van der Waals surface area contributed by atoms with Crippen LogP contribution in [0.4, 0.5) is 0 Å². The van der Waals surface area contributed by atoms with E-state index in [1.807, 2.05) is 42.5 Å².